The lowest BCUT2D eigenvalue weighted by molar-refractivity contribution is 0.520. The fourth-order valence-corrected chi connectivity index (χ4v) is 1.87. The molecule has 0 unspecified atom stereocenters. The summed E-state index contributed by atoms with van der Waals surface area (Å²) in [5.41, 5.74) is 0.865. The Balaban J connectivity index is 0.000000192. The van der Waals surface area contributed by atoms with Crippen molar-refractivity contribution in [1.29, 1.82) is 0 Å². The summed E-state index contributed by atoms with van der Waals surface area (Å²) in [5.74, 6) is 0.858. The van der Waals surface area contributed by atoms with Crippen LogP contribution in [0.2, 0.25) is 0 Å². The number of nitrogens with one attached hydrogen (secondary N) is 3. The number of fused-ring (bicyclic) bond motifs is 1. The zero-order valence-corrected chi connectivity index (χ0v) is 12.2. The van der Waals surface area contributed by atoms with Crippen LogP contribution in [0.1, 0.15) is 33.1 Å². The standard InChI is InChI=1S/C7H8N4.C5H11N.C2H6/c1-8-6-5-2-3-9-7(5)11-4-10-6;1-2-4-6-5-3-1;1-2/h2-4H,1H3,(H2,8,9,10,11);6H,1-5H2;1-2H3. The fourth-order valence-electron chi connectivity index (χ4n) is 1.87. The molecule has 1 saturated heterocycles. The molecular formula is C14H25N5. The summed E-state index contributed by atoms with van der Waals surface area (Å²) >= 11 is 0. The topological polar surface area (TPSA) is 65.6 Å². The van der Waals surface area contributed by atoms with Gasteiger partial charge in [-0.3, -0.25) is 0 Å². The van der Waals surface area contributed by atoms with Gasteiger partial charge < -0.3 is 15.6 Å². The van der Waals surface area contributed by atoms with Crippen molar-refractivity contribution in [3.63, 3.8) is 0 Å². The van der Waals surface area contributed by atoms with E-state index in [1.165, 1.54) is 38.7 Å². The first-order chi connectivity index (χ1) is 9.42. The van der Waals surface area contributed by atoms with Crippen molar-refractivity contribution >= 4 is 16.9 Å². The maximum Gasteiger partial charge on any atom is 0.142 e. The molecule has 3 heterocycles. The summed E-state index contributed by atoms with van der Waals surface area (Å²) in [5, 5.41) is 7.29. The average molecular weight is 263 g/mol. The third-order valence-electron chi connectivity index (χ3n) is 2.80. The molecule has 3 N–H and O–H groups in total. The van der Waals surface area contributed by atoms with Gasteiger partial charge in [0.2, 0.25) is 0 Å². The van der Waals surface area contributed by atoms with Crippen molar-refractivity contribution in [2.75, 3.05) is 25.5 Å². The van der Waals surface area contributed by atoms with Crippen LogP contribution in [0.4, 0.5) is 5.82 Å². The maximum atomic E-state index is 4.06. The second-order valence-corrected chi connectivity index (χ2v) is 4.02. The van der Waals surface area contributed by atoms with Gasteiger partial charge in [0.15, 0.2) is 0 Å². The Morgan fingerprint density at radius 3 is 2.37 bits per heavy atom. The van der Waals surface area contributed by atoms with Crippen LogP contribution in [0.25, 0.3) is 11.0 Å². The Labute approximate surface area is 115 Å². The SMILES string of the molecule is C1CCNCC1.CC.CNc1ncnc2[nH]ccc12. The number of anilines is 1. The number of hydrogen-bond donors (Lipinski definition) is 3. The van der Waals surface area contributed by atoms with E-state index >= 15 is 0 Å². The van der Waals surface area contributed by atoms with Crippen LogP contribution >= 0.6 is 0 Å². The Hall–Kier alpha value is -1.62. The van der Waals surface area contributed by atoms with Gasteiger partial charge in [-0.15, -0.1) is 0 Å². The highest BCUT2D eigenvalue weighted by molar-refractivity contribution is 5.86. The Morgan fingerprint density at radius 2 is 1.84 bits per heavy atom. The van der Waals surface area contributed by atoms with Gasteiger partial charge in [0, 0.05) is 13.2 Å². The number of piperidine rings is 1. The molecule has 0 atom stereocenters. The molecule has 1 fully saturated rings. The van der Waals surface area contributed by atoms with Crippen LogP contribution in [-0.4, -0.2) is 35.1 Å². The van der Waals surface area contributed by atoms with Crippen LogP contribution in [0.3, 0.4) is 0 Å². The lowest BCUT2D eigenvalue weighted by Gasteiger charge is -2.08. The first-order valence-electron chi connectivity index (χ1n) is 7.08. The number of aromatic nitrogens is 3. The van der Waals surface area contributed by atoms with Crippen molar-refractivity contribution in [2.45, 2.75) is 33.1 Å². The summed E-state index contributed by atoms with van der Waals surface area (Å²) in [4.78, 5) is 11.1. The number of H-pyrrole nitrogens is 1. The van der Waals surface area contributed by atoms with E-state index < -0.39 is 0 Å². The summed E-state index contributed by atoms with van der Waals surface area (Å²) in [7, 11) is 1.84. The quantitative estimate of drug-likeness (QED) is 0.740. The van der Waals surface area contributed by atoms with E-state index in [2.05, 4.69) is 25.6 Å². The Morgan fingerprint density at radius 1 is 1.11 bits per heavy atom. The molecule has 2 aromatic rings. The molecule has 3 rings (SSSR count). The van der Waals surface area contributed by atoms with Crippen LogP contribution < -0.4 is 10.6 Å². The lowest BCUT2D eigenvalue weighted by Crippen LogP contribution is -2.21. The van der Waals surface area contributed by atoms with E-state index in [9.17, 15) is 0 Å². The van der Waals surface area contributed by atoms with Crippen molar-refractivity contribution in [2.24, 2.45) is 0 Å². The molecule has 0 amide bonds. The van der Waals surface area contributed by atoms with E-state index in [-0.39, 0.29) is 0 Å². The van der Waals surface area contributed by atoms with Crippen molar-refractivity contribution in [1.82, 2.24) is 20.3 Å². The maximum absolute atomic E-state index is 4.06. The van der Waals surface area contributed by atoms with Crippen LogP contribution in [-0.2, 0) is 0 Å². The van der Waals surface area contributed by atoms with E-state index in [0.717, 1.165) is 16.9 Å². The third-order valence-corrected chi connectivity index (χ3v) is 2.80. The molecule has 0 spiro atoms. The van der Waals surface area contributed by atoms with Crippen molar-refractivity contribution in [3.05, 3.63) is 18.6 Å². The molecule has 0 bridgehead atoms. The molecule has 0 aromatic carbocycles. The van der Waals surface area contributed by atoms with Crippen LogP contribution in [0.5, 0.6) is 0 Å². The third kappa shape index (κ3) is 4.87. The number of aromatic amines is 1. The molecule has 0 aliphatic carbocycles. The minimum Gasteiger partial charge on any atom is -0.372 e. The molecule has 19 heavy (non-hydrogen) atoms. The molecular weight excluding hydrogens is 238 g/mol. The highest BCUT2D eigenvalue weighted by Gasteiger charge is 1.99. The predicted octanol–water partition coefficient (Wildman–Crippen LogP) is 2.79. The van der Waals surface area contributed by atoms with E-state index in [4.69, 9.17) is 0 Å². The fraction of sp³-hybridized carbons (Fsp3) is 0.571. The molecule has 1 aliphatic rings. The molecule has 106 valence electrons. The average Bonchev–Trinajstić information content (AvgIpc) is 3.00. The minimum atomic E-state index is 0.858. The molecule has 2 aromatic heterocycles. The monoisotopic (exact) mass is 263 g/mol. The number of hydrogen-bond acceptors (Lipinski definition) is 4. The van der Waals surface area contributed by atoms with Gasteiger partial charge in [0.1, 0.15) is 17.8 Å². The summed E-state index contributed by atoms with van der Waals surface area (Å²) in [6, 6.07) is 1.95. The Kier molecular flexibility index (Phi) is 7.58. The van der Waals surface area contributed by atoms with Crippen molar-refractivity contribution < 1.29 is 0 Å². The second-order valence-electron chi connectivity index (χ2n) is 4.02. The first kappa shape index (κ1) is 15.4. The highest BCUT2D eigenvalue weighted by atomic mass is 15.0. The van der Waals surface area contributed by atoms with Crippen LogP contribution in [0, 0.1) is 0 Å². The lowest BCUT2D eigenvalue weighted by atomic mass is 10.2. The van der Waals surface area contributed by atoms with Gasteiger partial charge in [0.05, 0.1) is 5.39 Å². The number of rotatable bonds is 1. The largest absolute Gasteiger partial charge is 0.372 e. The van der Waals surface area contributed by atoms with Gasteiger partial charge in [0.25, 0.3) is 0 Å². The molecule has 1 aliphatic heterocycles. The normalized spacial score (nSPS) is 13.8. The van der Waals surface area contributed by atoms with Crippen LogP contribution in [0.15, 0.2) is 18.6 Å². The molecule has 0 saturated carbocycles. The van der Waals surface area contributed by atoms with Gasteiger partial charge in [-0.1, -0.05) is 20.3 Å². The van der Waals surface area contributed by atoms with Gasteiger partial charge >= 0.3 is 0 Å². The van der Waals surface area contributed by atoms with E-state index in [0.29, 0.717) is 0 Å². The van der Waals surface area contributed by atoms with Gasteiger partial charge in [-0.25, -0.2) is 9.97 Å². The summed E-state index contributed by atoms with van der Waals surface area (Å²) in [6.07, 6.45) is 7.60. The highest BCUT2D eigenvalue weighted by Crippen LogP contribution is 2.15. The zero-order valence-electron chi connectivity index (χ0n) is 12.2. The predicted molar refractivity (Wildman–Crippen MR) is 81.5 cm³/mol. The van der Waals surface area contributed by atoms with Gasteiger partial charge in [-0.2, -0.15) is 0 Å². The second kappa shape index (κ2) is 9.33. The smallest absolute Gasteiger partial charge is 0.142 e. The minimum absolute atomic E-state index is 0.858. The summed E-state index contributed by atoms with van der Waals surface area (Å²) in [6.45, 7) is 6.50. The van der Waals surface area contributed by atoms with Crippen molar-refractivity contribution in [3.8, 4) is 0 Å². The summed E-state index contributed by atoms with van der Waals surface area (Å²) < 4.78 is 0. The first-order valence-corrected chi connectivity index (χ1v) is 7.08. The molecule has 5 nitrogen and oxygen atoms in total. The molecule has 0 radical (unpaired) electrons. The zero-order chi connectivity index (χ0) is 13.9. The van der Waals surface area contributed by atoms with E-state index in [1.807, 2.05) is 33.2 Å². The van der Waals surface area contributed by atoms with E-state index in [1.54, 1.807) is 0 Å². The van der Waals surface area contributed by atoms with Gasteiger partial charge in [-0.05, 0) is 32.0 Å². The Bertz CT molecular complexity index is 436. The molecule has 5 heteroatoms. The number of nitrogens with zero attached hydrogens (tertiary/aromatic N) is 2.